The van der Waals surface area contributed by atoms with Crippen LogP contribution in [0.3, 0.4) is 0 Å². The van der Waals surface area contributed by atoms with Crippen molar-refractivity contribution in [3.05, 3.63) is 70.6 Å². The van der Waals surface area contributed by atoms with E-state index in [0.717, 1.165) is 11.3 Å². The molecular weight excluding hydrogens is 356 g/mol. The molecule has 0 spiro atoms. The smallest absolute Gasteiger partial charge is 0.258 e. The summed E-state index contributed by atoms with van der Waals surface area (Å²) in [5.74, 6) is 0.610. The van der Waals surface area contributed by atoms with Gasteiger partial charge in [-0.1, -0.05) is 18.2 Å². The summed E-state index contributed by atoms with van der Waals surface area (Å²) in [4.78, 5) is 25.1. The van der Waals surface area contributed by atoms with Crippen LogP contribution in [0.4, 0.5) is 5.69 Å². The highest BCUT2D eigenvalue weighted by Crippen LogP contribution is 2.21. The molecule has 2 aromatic carbocycles. The molecule has 28 heavy (non-hydrogen) atoms. The molecule has 1 unspecified atom stereocenters. The number of fused-ring (bicyclic) bond motifs is 1. The summed E-state index contributed by atoms with van der Waals surface area (Å²) >= 11 is 0. The minimum absolute atomic E-state index is 0.162. The van der Waals surface area contributed by atoms with E-state index in [4.69, 9.17) is 4.74 Å². The van der Waals surface area contributed by atoms with Crippen LogP contribution in [0.2, 0.25) is 0 Å². The van der Waals surface area contributed by atoms with Gasteiger partial charge in [-0.05, 0) is 49.7 Å². The molecule has 0 bridgehead atoms. The van der Waals surface area contributed by atoms with Gasteiger partial charge in [0.1, 0.15) is 5.75 Å². The summed E-state index contributed by atoms with van der Waals surface area (Å²) < 4.78 is 6.88. The number of rotatable bonds is 7. The number of benzene rings is 2. The van der Waals surface area contributed by atoms with Gasteiger partial charge in [-0.2, -0.15) is 0 Å². The predicted octanol–water partition coefficient (Wildman–Crippen LogP) is 2.96. The highest BCUT2D eigenvalue weighted by Gasteiger charge is 2.11. The summed E-state index contributed by atoms with van der Waals surface area (Å²) in [6.07, 6.45) is 1.24. The van der Waals surface area contributed by atoms with Crippen LogP contribution in [0.25, 0.3) is 10.8 Å². The number of carbonyl (C=O) groups is 1. The van der Waals surface area contributed by atoms with Gasteiger partial charge < -0.3 is 19.7 Å². The number of hydrogen-bond acceptors (Lipinski definition) is 4. The second-order valence-corrected chi connectivity index (χ2v) is 6.69. The number of aliphatic hydroxyl groups excluding tert-OH is 1. The molecule has 0 aliphatic heterocycles. The normalized spacial score (nSPS) is 12.0. The monoisotopic (exact) mass is 380 g/mol. The Morgan fingerprint density at radius 2 is 1.89 bits per heavy atom. The highest BCUT2D eigenvalue weighted by molar-refractivity contribution is 6.02. The average molecular weight is 380 g/mol. The molecule has 1 aromatic heterocycles. The number of pyridine rings is 1. The molecule has 1 amide bonds. The molecule has 1 heterocycles. The van der Waals surface area contributed by atoms with Gasteiger partial charge in [0, 0.05) is 22.7 Å². The lowest BCUT2D eigenvalue weighted by atomic mass is 10.1. The molecule has 1 atom stereocenters. The standard InChI is InChI=1S/C22H24N2O4/c1-3-28-17-9-7-16(8-10-17)13-21(26)23-20-6-4-5-19-18(20)11-12-24(22(19)27)14-15(2)25/h4-12,15,25H,3,13-14H2,1-2H3,(H,23,26). The van der Waals surface area contributed by atoms with Crippen LogP contribution < -0.4 is 15.6 Å². The third-order valence-corrected chi connectivity index (χ3v) is 4.35. The summed E-state index contributed by atoms with van der Waals surface area (Å²) in [6.45, 7) is 4.38. The zero-order valence-electron chi connectivity index (χ0n) is 16.0. The van der Waals surface area contributed by atoms with Crippen molar-refractivity contribution < 1.29 is 14.6 Å². The Morgan fingerprint density at radius 1 is 1.14 bits per heavy atom. The number of aromatic nitrogens is 1. The fourth-order valence-electron chi connectivity index (χ4n) is 3.11. The number of anilines is 1. The number of amides is 1. The molecule has 0 aliphatic carbocycles. The molecule has 0 fully saturated rings. The van der Waals surface area contributed by atoms with Gasteiger partial charge in [0.2, 0.25) is 5.91 Å². The van der Waals surface area contributed by atoms with Gasteiger partial charge in [-0.25, -0.2) is 0 Å². The second kappa shape index (κ2) is 8.71. The van der Waals surface area contributed by atoms with E-state index in [1.54, 1.807) is 37.4 Å². The van der Waals surface area contributed by atoms with Gasteiger partial charge in [-0.3, -0.25) is 9.59 Å². The van der Waals surface area contributed by atoms with E-state index in [1.165, 1.54) is 4.57 Å². The highest BCUT2D eigenvalue weighted by atomic mass is 16.5. The van der Waals surface area contributed by atoms with E-state index in [-0.39, 0.29) is 24.4 Å². The molecule has 0 radical (unpaired) electrons. The molecule has 6 heteroatoms. The first-order chi connectivity index (χ1) is 13.5. The van der Waals surface area contributed by atoms with Crippen LogP contribution in [0.1, 0.15) is 19.4 Å². The van der Waals surface area contributed by atoms with Crippen molar-refractivity contribution in [3.63, 3.8) is 0 Å². The fraction of sp³-hybridized carbons (Fsp3) is 0.273. The van der Waals surface area contributed by atoms with Crippen LogP contribution in [-0.4, -0.2) is 28.3 Å². The molecule has 0 saturated carbocycles. The van der Waals surface area contributed by atoms with Crippen molar-refractivity contribution in [3.8, 4) is 5.75 Å². The summed E-state index contributed by atoms with van der Waals surface area (Å²) in [6, 6.07) is 14.4. The largest absolute Gasteiger partial charge is 0.494 e. The molecule has 146 valence electrons. The quantitative estimate of drug-likeness (QED) is 0.660. The minimum atomic E-state index is -0.618. The maximum Gasteiger partial charge on any atom is 0.258 e. The first-order valence-corrected chi connectivity index (χ1v) is 9.29. The lowest BCUT2D eigenvalue weighted by Crippen LogP contribution is -2.25. The summed E-state index contributed by atoms with van der Waals surface area (Å²) in [5.41, 5.74) is 1.27. The van der Waals surface area contributed by atoms with Crippen molar-refractivity contribution in [1.82, 2.24) is 4.57 Å². The number of ether oxygens (including phenoxy) is 1. The zero-order valence-corrected chi connectivity index (χ0v) is 16.0. The van der Waals surface area contributed by atoms with Gasteiger partial charge in [0.25, 0.3) is 5.56 Å². The zero-order chi connectivity index (χ0) is 20.1. The summed E-state index contributed by atoms with van der Waals surface area (Å²) in [5, 5.41) is 13.6. The number of carbonyl (C=O) groups excluding carboxylic acids is 1. The topological polar surface area (TPSA) is 80.6 Å². The Labute approximate surface area is 163 Å². The van der Waals surface area contributed by atoms with Gasteiger partial charge >= 0.3 is 0 Å². The van der Waals surface area contributed by atoms with Crippen LogP contribution >= 0.6 is 0 Å². The molecule has 0 saturated heterocycles. The van der Waals surface area contributed by atoms with Crippen LogP contribution in [-0.2, 0) is 17.8 Å². The third kappa shape index (κ3) is 4.58. The molecule has 3 rings (SSSR count). The fourth-order valence-corrected chi connectivity index (χ4v) is 3.11. The molecular formula is C22H24N2O4. The Morgan fingerprint density at radius 3 is 2.57 bits per heavy atom. The lowest BCUT2D eigenvalue weighted by molar-refractivity contribution is -0.115. The predicted molar refractivity (Wildman–Crippen MR) is 110 cm³/mol. The lowest BCUT2D eigenvalue weighted by Gasteiger charge is -2.12. The van der Waals surface area contributed by atoms with Gasteiger partial charge in [0.15, 0.2) is 0 Å². The first-order valence-electron chi connectivity index (χ1n) is 9.29. The van der Waals surface area contributed by atoms with Crippen molar-refractivity contribution in [2.45, 2.75) is 32.9 Å². The van der Waals surface area contributed by atoms with Gasteiger partial charge in [-0.15, -0.1) is 0 Å². The van der Waals surface area contributed by atoms with E-state index in [0.29, 0.717) is 23.1 Å². The Bertz CT molecular complexity index is 1020. The van der Waals surface area contributed by atoms with Crippen molar-refractivity contribution in [2.24, 2.45) is 0 Å². The van der Waals surface area contributed by atoms with E-state index in [9.17, 15) is 14.7 Å². The Hall–Kier alpha value is -3.12. The number of nitrogens with zero attached hydrogens (tertiary/aromatic N) is 1. The Kier molecular flexibility index (Phi) is 6.11. The van der Waals surface area contributed by atoms with Crippen LogP contribution in [0.5, 0.6) is 5.75 Å². The van der Waals surface area contributed by atoms with Crippen molar-refractivity contribution >= 4 is 22.4 Å². The van der Waals surface area contributed by atoms with Crippen molar-refractivity contribution in [2.75, 3.05) is 11.9 Å². The third-order valence-electron chi connectivity index (χ3n) is 4.35. The SMILES string of the molecule is CCOc1ccc(CC(=O)Nc2cccc3c(=O)n(CC(C)O)ccc23)cc1. The maximum atomic E-state index is 12.6. The molecule has 3 aromatic rings. The van der Waals surface area contributed by atoms with E-state index in [2.05, 4.69) is 5.32 Å². The Balaban J connectivity index is 1.79. The average Bonchev–Trinajstić information content (AvgIpc) is 2.66. The molecule has 2 N–H and O–H groups in total. The van der Waals surface area contributed by atoms with Crippen LogP contribution in [0, 0.1) is 0 Å². The van der Waals surface area contributed by atoms with Crippen LogP contribution in [0.15, 0.2) is 59.5 Å². The minimum Gasteiger partial charge on any atom is -0.494 e. The number of hydrogen-bond donors (Lipinski definition) is 2. The second-order valence-electron chi connectivity index (χ2n) is 6.69. The van der Waals surface area contributed by atoms with E-state index in [1.807, 2.05) is 31.2 Å². The van der Waals surface area contributed by atoms with E-state index < -0.39 is 6.10 Å². The van der Waals surface area contributed by atoms with E-state index >= 15 is 0 Å². The maximum absolute atomic E-state index is 12.6. The first kappa shape index (κ1) is 19.6. The van der Waals surface area contributed by atoms with Crippen molar-refractivity contribution in [1.29, 1.82) is 0 Å². The number of nitrogens with one attached hydrogen (secondary N) is 1. The number of aliphatic hydroxyl groups is 1. The molecule has 6 nitrogen and oxygen atoms in total. The van der Waals surface area contributed by atoms with Gasteiger partial charge in [0.05, 0.1) is 25.7 Å². The molecule has 0 aliphatic rings. The summed E-state index contributed by atoms with van der Waals surface area (Å²) in [7, 11) is 0.